The standard InChI is InChI=1S/C14H8BrF3N2O3/c15-9-5-3-6-10(12(9)14(16,17)18)19-13(21)8-4-1-2-7-11(8)20(22)23/h1-7H,(H,19,21). The number of hydrogen-bond acceptors (Lipinski definition) is 3. The molecule has 0 heterocycles. The molecule has 1 N–H and O–H groups in total. The Balaban J connectivity index is 2.43. The van der Waals surface area contributed by atoms with Crippen LogP contribution in [-0.4, -0.2) is 10.8 Å². The number of carbonyl (C=O) groups excluding carboxylic acids is 1. The van der Waals surface area contributed by atoms with Gasteiger partial charge in [0.05, 0.1) is 16.2 Å². The van der Waals surface area contributed by atoms with E-state index in [0.29, 0.717) is 0 Å². The highest BCUT2D eigenvalue weighted by Gasteiger charge is 2.36. The molecule has 0 aliphatic heterocycles. The van der Waals surface area contributed by atoms with Crippen molar-refractivity contribution in [2.45, 2.75) is 6.18 Å². The van der Waals surface area contributed by atoms with Gasteiger partial charge in [0.1, 0.15) is 5.56 Å². The number of nitrogens with one attached hydrogen (secondary N) is 1. The van der Waals surface area contributed by atoms with E-state index in [1.165, 1.54) is 30.3 Å². The van der Waals surface area contributed by atoms with Crippen molar-refractivity contribution in [3.8, 4) is 0 Å². The van der Waals surface area contributed by atoms with Crippen LogP contribution in [0.25, 0.3) is 0 Å². The Labute approximate surface area is 136 Å². The normalized spacial score (nSPS) is 11.1. The van der Waals surface area contributed by atoms with E-state index < -0.39 is 33.9 Å². The van der Waals surface area contributed by atoms with Gasteiger partial charge in [-0.15, -0.1) is 0 Å². The molecule has 2 aromatic carbocycles. The fraction of sp³-hybridized carbons (Fsp3) is 0.0714. The lowest BCUT2D eigenvalue weighted by Crippen LogP contribution is -2.18. The van der Waals surface area contributed by atoms with E-state index in [4.69, 9.17) is 0 Å². The lowest BCUT2D eigenvalue weighted by atomic mass is 10.1. The van der Waals surface area contributed by atoms with Gasteiger partial charge in [-0.3, -0.25) is 14.9 Å². The first kappa shape index (κ1) is 16.9. The van der Waals surface area contributed by atoms with E-state index in [1.807, 2.05) is 0 Å². The van der Waals surface area contributed by atoms with Gasteiger partial charge in [-0.05, 0) is 18.2 Å². The number of anilines is 1. The van der Waals surface area contributed by atoms with Crippen LogP contribution in [0.5, 0.6) is 0 Å². The lowest BCUT2D eigenvalue weighted by molar-refractivity contribution is -0.385. The van der Waals surface area contributed by atoms with Gasteiger partial charge in [0, 0.05) is 10.5 Å². The van der Waals surface area contributed by atoms with Crippen LogP contribution in [0, 0.1) is 10.1 Å². The third-order valence-electron chi connectivity index (χ3n) is 2.89. The number of nitro groups is 1. The number of alkyl halides is 3. The molecular formula is C14H8BrF3N2O3. The van der Waals surface area contributed by atoms with Crippen LogP contribution in [0.4, 0.5) is 24.5 Å². The van der Waals surface area contributed by atoms with Crippen LogP contribution < -0.4 is 5.32 Å². The zero-order valence-electron chi connectivity index (χ0n) is 11.2. The van der Waals surface area contributed by atoms with Crippen molar-refractivity contribution in [3.05, 3.63) is 68.2 Å². The van der Waals surface area contributed by atoms with E-state index in [1.54, 1.807) is 0 Å². The first-order valence-electron chi connectivity index (χ1n) is 6.12. The Bertz CT molecular complexity index is 778. The first-order valence-corrected chi connectivity index (χ1v) is 6.91. The molecule has 2 rings (SSSR count). The predicted molar refractivity (Wildman–Crippen MR) is 80.2 cm³/mol. The summed E-state index contributed by atoms with van der Waals surface area (Å²) < 4.78 is 39.0. The first-order chi connectivity index (χ1) is 10.7. The van der Waals surface area contributed by atoms with Gasteiger partial charge in [0.25, 0.3) is 11.6 Å². The number of halogens is 4. The minimum Gasteiger partial charge on any atom is -0.321 e. The summed E-state index contributed by atoms with van der Waals surface area (Å²) in [6.45, 7) is 0. The van der Waals surface area contributed by atoms with Crippen molar-refractivity contribution in [2.24, 2.45) is 0 Å². The molecule has 0 fully saturated rings. The van der Waals surface area contributed by atoms with Crippen LogP contribution in [-0.2, 0) is 6.18 Å². The number of nitro benzene ring substituents is 1. The quantitative estimate of drug-likeness (QED) is 0.615. The van der Waals surface area contributed by atoms with Crippen LogP contribution in [0.2, 0.25) is 0 Å². The molecule has 0 radical (unpaired) electrons. The molecule has 0 saturated heterocycles. The van der Waals surface area contributed by atoms with Crippen molar-refractivity contribution in [3.63, 3.8) is 0 Å². The Morgan fingerprint density at radius 2 is 1.78 bits per heavy atom. The highest BCUT2D eigenvalue weighted by Crippen LogP contribution is 2.40. The van der Waals surface area contributed by atoms with Crippen LogP contribution in [0.15, 0.2) is 46.9 Å². The third kappa shape index (κ3) is 3.67. The topological polar surface area (TPSA) is 72.2 Å². The molecule has 23 heavy (non-hydrogen) atoms. The van der Waals surface area contributed by atoms with Crippen molar-refractivity contribution in [1.29, 1.82) is 0 Å². The fourth-order valence-corrected chi connectivity index (χ4v) is 2.52. The molecule has 0 aliphatic carbocycles. The summed E-state index contributed by atoms with van der Waals surface area (Å²) in [7, 11) is 0. The van der Waals surface area contributed by atoms with E-state index >= 15 is 0 Å². The fourth-order valence-electron chi connectivity index (χ4n) is 1.93. The molecule has 0 atom stereocenters. The minimum absolute atomic E-state index is 0.245. The number of nitrogens with zero attached hydrogens (tertiary/aromatic N) is 1. The van der Waals surface area contributed by atoms with Gasteiger partial charge in [-0.1, -0.05) is 34.1 Å². The molecule has 0 saturated carbocycles. The van der Waals surface area contributed by atoms with Gasteiger partial charge >= 0.3 is 6.18 Å². The maximum atomic E-state index is 13.1. The molecule has 120 valence electrons. The predicted octanol–water partition coefficient (Wildman–Crippen LogP) is 4.63. The number of hydrogen-bond donors (Lipinski definition) is 1. The average molecular weight is 389 g/mol. The van der Waals surface area contributed by atoms with Crippen LogP contribution >= 0.6 is 15.9 Å². The number of benzene rings is 2. The van der Waals surface area contributed by atoms with Crippen molar-refractivity contribution >= 4 is 33.2 Å². The number of para-hydroxylation sites is 1. The summed E-state index contributed by atoms with van der Waals surface area (Å²) in [6.07, 6.45) is -4.70. The molecule has 0 aliphatic rings. The van der Waals surface area contributed by atoms with Gasteiger partial charge < -0.3 is 5.32 Å². The zero-order valence-corrected chi connectivity index (χ0v) is 12.8. The molecule has 0 bridgehead atoms. The minimum atomic E-state index is -4.70. The largest absolute Gasteiger partial charge is 0.419 e. The third-order valence-corrected chi connectivity index (χ3v) is 3.55. The monoisotopic (exact) mass is 388 g/mol. The lowest BCUT2D eigenvalue weighted by Gasteiger charge is -2.15. The highest BCUT2D eigenvalue weighted by molar-refractivity contribution is 9.10. The van der Waals surface area contributed by atoms with Crippen molar-refractivity contribution in [1.82, 2.24) is 0 Å². The molecule has 0 unspecified atom stereocenters. The maximum absolute atomic E-state index is 13.1. The summed E-state index contributed by atoms with van der Waals surface area (Å²) in [4.78, 5) is 22.3. The zero-order chi connectivity index (χ0) is 17.2. The summed E-state index contributed by atoms with van der Waals surface area (Å²) in [5.41, 5.74) is -2.37. The molecule has 5 nitrogen and oxygen atoms in total. The molecule has 1 amide bonds. The van der Waals surface area contributed by atoms with E-state index in [-0.39, 0.29) is 10.0 Å². The smallest absolute Gasteiger partial charge is 0.321 e. The van der Waals surface area contributed by atoms with E-state index in [0.717, 1.165) is 12.1 Å². The summed E-state index contributed by atoms with van der Waals surface area (Å²) in [5, 5.41) is 13.0. The Morgan fingerprint density at radius 1 is 1.13 bits per heavy atom. The van der Waals surface area contributed by atoms with Gasteiger partial charge in [0.2, 0.25) is 0 Å². The van der Waals surface area contributed by atoms with Crippen molar-refractivity contribution in [2.75, 3.05) is 5.32 Å². The summed E-state index contributed by atoms with van der Waals surface area (Å²) >= 11 is 2.79. The van der Waals surface area contributed by atoms with Gasteiger partial charge in [0.15, 0.2) is 0 Å². The second-order valence-corrected chi connectivity index (χ2v) is 5.24. The Kier molecular flexibility index (Phi) is 4.69. The average Bonchev–Trinajstić information content (AvgIpc) is 2.45. The highest BCUT2D eigenvalue weighted by atomic mass is 79.9. The van der Waals surface area contributed by atoms with E-state index in [9.17, 15) is 28.1 Å². The Hall–Kier alpha value is -2.42. The second kappa shape index (κ2) is 6.37. The van der Waals surface area contributed by atoms with E-state index in [2.05, 4.69) is 21.2 Å². The number of rotatable bonds is 3. The number of carbonyl (C=O) groups is 1. The summed E-state index contributed by atoms with van der Waals surface area (Å²) in [6, 6.07) is 8.57. The number of amides is 1. The molecular weight excluding hydrogens is 381 g/mol. The van der Waals surface area contributed by atoms with Gasteiger partial charge in [-0.25, -0.2) is 0 Å². The second-order valence-electron chi connectivity index (χ2n) is 4.39. The summed E-state index contributed by atoms with van der Waals surface area (Å²) in [5.74, 6) is -0.999. The van der Waals surface area contributed by atoms with Crippen molar-refractivity contribution < 1.29 is 22.9 Å². The molecule has 0 spiro atoms. The molecule has 0 aromatic heterocycles. The molecule has 9 heteroatoms. The molecule has 2 aromatic rings. The Morgan fingerprint density at radius 3 is 2.39 bits per heavy atom. The van der Waals surface area contributed by atoms with Gasteiger partial charge in [-0.2, -0.15) is 13.2 Å². The van der Waals surface area contributed by atoms with Crippen LogP contribution in [0.1, 0.15) is 15.9 Å². The SMILES string of the molecule is O=C(Nc1cccc(Br)c1C(F)(F)F)c1ccccc1[N+](=O)[O-]. The maximum Gasteiger partial charge on any atom is 0.419 e. The van der Waals surface area contributed by atoms with Crippen LogP contribution in [0.3, 0.4) is 0 Å².